The molecular weight excluding hydrogens is 554 g/mol. The Bertz CT molecular complexity index is 1040. The predicted molar refractivity (Wildman–Crippen MR) is 163 cm³/mol. The highest BCUT2D eigenvalue weighted by Crippen LogP contribution is 2.21. The molecule has 0 radical (unpaired) electrons. The SMILES string of the molecule is N=C(N)NCCCC(NC(=O)C(N)Cc1ccccc1)C(=O)NC(CC1CCOCC1)C(=O)NC(CCCCN)C(N)=O. The highest BCUT2D eigenvalue weighted by atomic mass is 16.5. The number of carbonyl (C=O) groups is 4. The van der Waals surface area contributed by atoms with E-state index in [1.54, 1.807) is 0 Å². The van der Waals surface area contributed by atoms with Crippen LogP contribution in [0.2, 0.25) is 0 Å². The lowest BCUT2D eigenvalue weighted by Crippen LogP contribution is -2.58. The average molecular weight is 604 g/mol. The molecule has 1 aromatic rings. The van der Waals surface area contributed by atoms with E-state index in [4.69, 9.17) is 33.1 Å². The van der Waals surface area contributed by atoms with Crippen LogP contribution in [0.5, 0.6) is 0 Å². The Morgan fingerprint density at radius 3 is 2.09 bits per heavy atom. The van der Waals surface area contributed by atoms with Crippen molar-refractivity contribution in [3.63, 3.8) is 0 Å². The van der Waals surface area contributed by atoms with Gasteiger partial charge in [0.15, 0.2) is 5.96 Å². The van der Waals surface area contributed by atoms with Crippen molar-refractivity contribution in [2.45, 2.75) is 82.0 Å². The molecule has 0 aliphatic carbocycles. The van der Waals surface area contributed by atoms with Gasteiger partial charge in [0.05, 0.1) is 6.04 Å². The lowest BCUT2D eigenvalue weighted by Gasteiger charge is -2.29. The van der Waals surface area contributed by atoms with Crippen LogP contribution in [0.15, 0.2) is 30.3 Å². The first-order valence-electron chi connectivity index (χ1n) is 15.0. The van der Waals surface area contributed by atoms with Gasteiger partial charge in [-0.05, 0) is 75.8 Å². The number of carbonyl (C=O) groups excluding carboxylic acids is 4. The monoisotopic (exact) mass is 603 g/mol. The van der Waals surface area contributed by atoms with E-state index < -0.39 is 47.8 Å². The molecule has 1 aliphatic heterocycles. The molecule has 0 bridgehead atoms. The normalized spacial score (nSPS) is 16.2. The molecule has 1 heterocycles. The molecule has 1 fully saturated rings. The fourth-order valence-electron chi connectivity index (χ4n) is 4.91. The summed E-state index contributed by atoms with van der Waals surface area (Å²) in [6.07, 6.45) is 4.26. The number of rotatable bonds is 19. The van der Waals surface area contributed by atoms with E-state index in [1.807, 2.05) is 30.3 Å². The van der Waals surface area contributed by atoms with Crippen molar-refractivity contribution >= 4 is 29.6 Å². The van der Waals surface area contributed by atoms with Gasteiger partial charge in [0.25, 0.3) is 0 Å². The van der Waals surface area contributed by atoms with Gasteiger partial charge in [-0.1, -0.05) is 30.3 Å². The number of nitrogens with one attached hydrogen (secondary N) is 5. The van der Waals surface area contributed by atoms with Crippen LogP contribution < -0.4 is 44.2 Å². The van der Waals surface area contributed by atoms with E-state index in [0.717, 1.165) is 18.4 Å². The quantitative estimate of drug-likeness (QED) is 0.0517. The Morgan fingerprint density at radius 1 is 0.860 bits per heavy atom. The first-order chi connectivity index (χ1) is 20.6. The molecule has 43 heavy (non-hydrogen) atoms. The van der Waals surface area contributed by atoms with Gasteiger partial charge in [0.2, 0.25) is 23.6 Å². The van der Waals surface area contributed by atoms with Gasteiger partial charge in [0.1, 0.15) is 18.1 Å². The van der Waals surface area contributed by atoms with Crippen molar-refractivity contribution in [2.75, 3.05) is 26.3 Å². The zero-order valence-electron chi connectivity index (χ0n) is 24.8. The molecule has 0 spiro atoms. The summed E-state index contributed by atoms with van der Waals surface area (Å²) < 4.78 is 5.44. The summed E-state index contributed by atoms with van der Waals surface area (Å²) in [5.41, 5.74) is 23.5. The van der Waals surface area contributed by atoms with Gasteiger partial charge in [0, 0.05) is 19.8 Å². The lowest BCUT2D eigenvalue weighted by molar-refractivity contribution is -0.134. The Morgan fingerprint density at radius 2 is 1.47 bits per heavy atom. The van der Waals surface area contributed by atoms with E-state index in [9.17, 15) is 19.2 Å². The summed E-state index contributed by atoms with van der Waals surface area (Å²) in [5.74, 6) is -2.37. The Balaban J connectivity index is 2.17. The number of nitrogens with two attached hydrogens (primary N) is 4. The van der Waals surface area contributed by atoms with Crippen LogP contribution >= 0.6 is 0 Å². The molecule has 14 nitrogen and oxygen atoms in total. The number of guanidine groups is 1. The minimum atomic E-state index is -1.01. The van der Waals surface area contributed by atoms with Gasteiger partial charge in [-0.3, -0.25) is 24.6 Å². The van der Waals surface area contributed by atoms with Crippen molar-refractivity contribution < 1.29 is 23.9 Å². The van der Waals surface area contributed by atoms with E-state index in [1.165, 1.54) is 0 Å². The Kier molecular flexibility index (Phi) is 16.0. The second-order valence-corrected chi connectivity index (χ2v) is 10.9. The third-order valence-electron chi connectivity index (χ3n) is 7.40. The number of hydrogen-bond donors (Lipinski definition) is 9. The number of benzene rings is 1. The van der Waals surface area contributed by atoms with Crippen LogP contribution in [0.25, 0.3) is 0 Å². The molecule has 2 rings (SSSR count). The fourth-order valence-corrected chi connectivity index (χ4v) is 4.91. The van der Waals surface area contributed by atoms with Gasteiger partial charge in [-0.25, -0.2) is 0 Å². The highest BCUT2D eigenvalue weighted by Gasteiger charge is 2.32. The van der Waals surface area contributed by atoms with Gasteiger partial charge in [-0.2, -0.15) is 0 Å². The summed E-state index contributed by atoms with van der Waals surface area (Å²) in [4.78, 5) is 52.2. The van der Waals surface area contributed by atoms with Crippen molar-refractivity contribution in [3.05, 3.63) is 35.9 Å². The van der Waals surface area contributed by atoms with Crippen LogP contribution in [-0.2, 0) is 30.3 Å². The summed E-state index contributed by atoms with van der Waals surface area (Å²) in [6.45, 7) is 1.86. The molecule has 13 N–H and O–H groups in total. The maximum Gasteiger partial charge on any atom is 0.243 e. The predicted octanol–water partition coefficient (Wildman–Crippen LogP) is -1.29. The van der Waals surface area contributed by atoms with Crippen LogP contribution in [0.4, 0.5) is 0 Å². The van der Waals surface area contributed by atoms with Crippen LogP contribution in [-0.4, -0.2) is 80.1 Å². The average Bonchev–Trinajstić information content (AvgIpc) is 2.98. The van der Waals surface area contributed by atoms with E-state index in [0.29, 0.717) is 58.4 Å². The molecule has 4 atom stereocenters. The summed E-state index contributed by atoms with van der Waals surface area (Å²) in [5, 5.41) is 18.3. The van der Waals surface area contributed by atoms with Crippen LogP contribution in [0, 0.1) is 11.3 Å². The molecule has 0 saturated carbocycles. The molecule has 1 saturated heterocycles. The maximum absolute atomic E-state index is 13.6. The topological polar surface area (TPSA) is 254 Å². The Labute approximate surface area is 253 Å². The lowest BCUT2D eigenvalue weighted by atomic mass is 9.91. The molecular formula is C29H49N9O5. The Hall–Kier alpha value is -3.75. The standard InChI is InChI=1S/C29H49N9O5/c30-13-5-4-9-22(25(32)39)36-28(42)24(18-20-11-15-43-16-12-20)38-27(41)23(10-6-14-35-29(33)34)37-26(40)21(31)17-19-7-2-1-3-8-19/h1-3,7-8,20-24H,4-6,9-18,30-31H2,(H2,32,39)(H,36,42)(H,37,40)(H,38,41)(H4,33,34,35). The first kappa shape index (κ1) is 35.4. The summed E-state index contributed by atoms with van der Waals surface area (Å²) in [6, 6.07) is 5.50. The van der Waals surface area contributed by atoms with Crippen molar-refractivity contribution in [2.24, 2.45) is 28.9 Å². The van der Waals surface area contributed by atoms with Crippen molar-refractivity contribution in [1.82, 2.24) is 21.3 Å². The van der Waals surface area contributed by atoms with Gasteiger partial charge >= 0.3 is 0 Å². The fraction of sp³-hybridized carbons (Fsp3) is 0.621. The molecule has 240 valence electrons. The minimum absolute atomic E-state index is 0.112. The second-order valence-electron chi connectivity index (χ2n) is 10.9. The van der Waals surface area contributed by atoms with E-state index in [2.05, 4.69) is 21.3 Å². The van der Waals surface area contributed by atoms with Crippen LogP contribution in [0.1, 0.15) is 56.9 Å². The second kappa shape index (κ2) is 19.4. The largest absolute Gasteiger partial charge is 0.381 e. The minimum Gasteiger partial charge on any atom is -0.381 e. The van der Waals surface area contributed by atoms with Crippen LogP contribution in [0.3, 0.4) is 0 Å². The van der Waals surface area contributed by atoms with Gasteiger partial charge in [-0.15, -0.1) is 0 Å². The number of amides is 4. The molecule has 4 amide bonds. The zero-order valence-corrected chi connectivity index (χ0v) is 24.8. The molecule has 1 aliphatic rings. The molecule has 0 aromatic heterocycles. The highest BCUT2D eigenvalue weighted by molar-refractivity contribution is 5.94. The number of primary amides is 1. The third kappa shape index (κ3) is 13.8. The van der Waals surface area contributed by atoms with E-state index in [-0.39, 0.29) is 24.7 Å². The third-order valence-corrected chi connectivity index (χ3v) is 7.40. The zero-order chi connectivity index (χ0) is 31.6. The number of ether oxygens (including phenoxy) is 1. The first-order valence-corrected chi connectivity index (χ1v) is 15.0. The molecule has 1 aromatic carbocycles. The smallest absolute Gasteiger partial charge is 0.243 e. The summed E-state index contributed by atoms with van der Waals surface area (Å²) >= 11 is 0. The number of hydrogen-bond acceptors (Lipinski definition) is 8. The van der Waals surface area contributed by atoms with Gasteiger partial charge < -0.3 is 48.9 Å². The number of unbranched alkanes of at least 4 members (excludes halogenated alkanes) is 1. The van der Waals surface area contributed by atoms with Crippen molar-refractivity contribution in [3.8, 4) is 0 Å². The van der Waals surface area contributed by atoms with Crippen molar-refractivity contribution in [1.29, 1.82) is 5.41 Å². The molecule has 4 unspecified atom stereocenters. The summed E-state index contributed by atoms with van der Waals surface area (Å²) in [7, 11) is 0. The van der Waals surface area contributed by atoms with E-state index >= 15 is 0 Å². The molecule has 14 heteroatoms. The maximum atomic E-state index is 13.6.